The van der Waals surface area contributed by atoms with Crippen LogP contribution in [0.3, 0.4) is 0 Å². The van der Waals surface area contributed by atoms with Gasteiger partial charge in [-0.15, -0.1) is 0 Å². The number of nitriles is 1. The number of hydrogen-bond acceptors (Lipinski definition) is 2. The number of benzene rings is 2. The Bertz CT molecular complexity index is 828. The molecular formula is C20H14N2. The molecular weight excluding hydrogens is 268 g/mol. The third kappa shape index (κ3) is 3.11. The molecule has 1 aromatic heterocycles. The van der Waals surface area contributed by atoms with E-state index in [0.29, 0.717) is 5.57 Å². The largest absolute Gasteiger partial charge is 0.264 e. The second kappa shape index (κ2) is 6.51. The van der Waals surface area contributed by atoms with E-state index in [4.69, 9.17) is 0 Å². The Morgan fingerprint density at radius 2 is 1.73 bits per heavy atom. The molecule has 3 aromatic rings. The van der Waals surface area contributed by atoms with E-state index in [2.05, 4.69) is 11.1 Å². The van der Waals surface area contributed by atoms with Crippen LogP contribution in [0.1, 0.15) is 11.1 Å². The number of rotatable bonds is 3. The van der Waals surface area contributed by atoms with Gasteiger partial charge < -0.3 is 0 Å². The molecule has 0 aliphatic rings. The number of nitrogens with zero attached hydrogens (tertiary/aromatic N) is 2. The summed E-state index contributed by atoms with van der Waals surface area (Å²) in [4.78, 5) is 4.14. The Hall–Kier alpha value is -3.18. The lowest BCUT2D eigenvalue weighted by Gasteiger charge is -2.05. The van der Waals surface area contributed by atoms with Crippen LogP contribution in [0.4, 0.5) is 0 Å². The molecule has 0 fully saturated rings. The highest BCUT2D eigenvalue weighted by molar-refractivity contribution is 5.90. The molecule has 0 atom stereocenters. The highest BCUT2D eigenvalue weighted by Gasteiger charge is 2.04. The van der Waals surface area contributed by atoms with Crippen LogP contribution in [-0.2, 0) is 0 Å². The standard InChI is InChI=1S/C20H14N2/c21-14-20(12-16-6-2-1-3-7-16)18-9-4-8-17(13-18)19-10-5-11-22-15-19/h1-13,15H. The molecule has 0 aliphatic carbocycles. The summed E-state index contributed by atoms with van der Waals surface area (Å²) >= 11 is 0. The number of aromatic nitrogens is 1. The van der Waals surface area contributed by atoms with E-state index in [1.165, 1.54) is 0 Å². The van der Waals surface area contributed by atoms with E-state index >= 15 is 0 Å². The molecule has 22 heavy (non-hydrogen) atoms. The van der Waals surface area contributed by atoms with Crippen LogP contribution in [0.15, 0.2) is 79.1 Å². The van der Waals surface area contributed by atoms with Crippen molar-refractivity contribution in [3.63, 3.8) is 0 Å². The second-order valence-corrected chi connectivity index (χ2v) is 4.90. The predicted octanol–water partition coefficient (Wildman–Crippen LogP) is 4.81. The van der Waals surface area contributed by atoms with Gasteiger partial charge in [-0.3, -0.25) is 4.98 Å². The lowest BCUT2D eigenvalue weighted by Crippen LogP contribution is -1.85. The maximum Gasteiger partial charge on any atom is 0.0998 e. The summed E-state index contributed by atoms with van der Waals surface area (Å²) in [7, 11) is 0. The van der Waals surface area contributed by atoms with Gasteiger partial charge in [-0.2, -0.15) is 5.26 Å². The van der Waals surface area contributed by atoms with E-state index in [1.54, 1.807) is 6.20 Å². The highest BCUT2D eigenvalue weighted by Crippen LogP contribution is 2.24. The van der Waals surface area contributed by atoms with E-state index < -0.39 is 0 Å². The van der Waals surface area contributed by atoms with Gasteiger partial charge in [0.25, 0.3) is 0 Å². The zero-order valence-corrected chi connectivity index (χ0v) is 12.0. The van der Waals surface area contributed by atoms with Crippen LogP contribution in [0.2, 0.25) is 0 Å². The number of allylic oxidation sites excluding steroid dienone is 1. The van der Waals surface area contributed by atoms with Gasteiger partial charge in [-0.1, -0.05) is 54.6 Å². The average Bonchev–Trinajstić information content (AvgIpc) is 2.61. The molecule has 0 radical (unpaired) electrons. The van der Waals surface area contributed by atoms with Crippen molar-refractivity contribution in [2.45, 2.75) is 0 Å². The van der Waals surface area contributed by atoms with Gasteiger partial charge in [0.05, 0.1) is 11.6 Å². The molecule has 0 N–H and O–H groups in total. The molecule has 0 saturated heterocycles. The predicted molar refractivity (Wildman–Crippen MR) is 89.6 cm³/mol. The first-order chi connectivity index (χ1) is 10.9. The molecule has 104 valence electrons. The topological polar surface area (TPSA) is 36.7 Å². The van der Waals surface area contributed by atoms with E-state index in [1.807, 2.05) is 79.0 Å². The molecule has 0 bridgehead atoms. The smallest absolute Gasteiger partial charge is 0.0998 e. The van der Waals surface area contributed by atoms with E-state index in [9.17, 15) is 5.26 Å². The normalized spacial score (nSPS) is 11.0. The van der Waals surface area contributed by atoms with E-state index in [0.717, 1.165) is 22.3 Å². The summed E-state index contributed by atoms with van der Waals surface area (Å²) < 4.78 is 0. The van der Waals surface area contributed by atoms with Crippen LogP contribution in [0, 0.1) is 11.3 Å². The summed E-state index contributed by atoms with van der Waals surface area (Å²) in [6, 6.07) is 24.1. The SMILES string of the molecule is N#CC(=Cc1ccccc1)c1cccc(-c2cccnc2)c1. The minimum absolute atomic E-state index is 0.650. The van der Waals surface area contributed by atoms with Gasteiger partial charge in [0.1, 0.15) is 0 Å². The molecule has 1 heterocycles. The summed E-state index contributed by atoms with van der Waals surface area (Å²) in [6.07, 6.45) is 5.48. The van der Waals surface area contributed by atoms with Gasteiger partial charge >= 0.3 is 0 Å². The summed E-state index contributed by atoms with van der Waals surface area (Å²) in [5.41, 5.74) is 4.68. The molecule has 2 nitrogen and oxygen atoms in total. The first kappa shape index (κ1) is 13.8. The Kier molecular flexibility index (Phi) is 4.08. The fraction of sp³-hybridized carbons (Fsp3) is 0. The third-order valence-corrected chi connectivity index (χ3v) is 3.40. The fourth-order valence-electron chi connectivity index (χ4n) is 2.30. The van der Waals surface area contributed by atoms with E-state index in [-0.39, 0.29) is 0 Å². The van der Waals surface area contributed by atoms with Gasteiger partial charge in [0.2, 0.25) is 0 Å². The lowest BCUT2D eigenvalue weighted by molar-refractivity contribution is 1.33. The number of hydrogen-bond donors (Lipinski definition) is 0. The van der Waals surface area contributed by atoms with Crippen LogP contribution in [0.25, 0.3) is 22.8 Å². The molecule has 0 aliphatic heterocycles. The molecule has 2 aromatic carbocycles. The molecule has 2 heteroatoms. The lowest BCUT2D eigenvalue weighted by atomic mass is 9.99. The second-order valence-electron chi connectivity index (χ2n) is 4.90. The van der Waals surface area contributed by atoms with Crippen molar-refractivity contribution in [2.24, 2.45) is 0 Å². The Balaban J connectivity index is 2.01. The van der Waals surface area contributed by atoms with Crippen molar-refractivity contribution >= 4 is 11.6 Å². The summed E-state index contributed by atoms with van der Waals surface area (Å²) in [5.74, 6) is 0. The molecule has 0 amide bonds. The van der Waals surface area contributed by atoms with Crippen LogP contribution in [-0.4, -0.2) is 4.98 Å². The monoisotopic (exact) mass is 282 g/mol. The van der Waals surface area contributed by atoms with Gasteiger partial charge in [-0.05, 0) is 34.9 Å². The van der Waals surface area contributed by atoms with Crippen molar-refractivity contribution in [1.29, 1.82) is 5.26 Å². The Morgan fingerprint density at radius 1 is 0.909 bits per heavy atom. The van der Waals surface area contributed by atoms with Crippen LogP contribution < -0.4 is 0 Å². The third-order valence-electron chi connectivity index (χ3n) is 3.40. The van der Waals surface area contributed by atoms with Gasteiger partial charge in [-0.25, -0.2) is 0 Å². The zero-order chi connectivity index (χ0) is 15.2. The molecule has 0 unspecified atom stereocenters. The zero-order valence-electron chi connectivity index (χ0n) is 12.0. The van der Waals surface area contributed by atoms with Gasteiger partial charge in [0, 0.05) is 18.0 Å². The number of pyridine rings is 1. The first-order valence-corrected chi connectivity index (χ1v) is 7.04. The van der Waals surface area contributed by atoms with Crippen molar-refractivity contribution in [2.75, 3.05) is 0 Å². The summed E-state index contributed by atoms with van der Waals surface area (Å²) in [6.45, 7) is 0. The molecule has 0 saturated carbocycles. The van der Waals surface area contributed by atoms with Crippen molar-refractivity contribution in [3.8, 4) is 17.2 Å². The highest BCUT2D eigenvalue weighted by atomic mass is 14.6. The van der Waals surface area contributed by atoms with Crippen molar-refractivity contribution < 1.29 is 0 Å². The Labute approximate surface area is 130 Å². The quantitative estimate of drug-likeness (QED) is 0.510. The molecule has 3 rings (SSSR count). The van der Waals surface area contributed by atoms with Gasteiger partial charge in [0.15, 0.2) is 0 Å². The minimum Gasteiger partial charge on any atom is -0.264 e. The van der Waals surface area contributed by atoms with Crippen LogP contribution in [0.5, 0.6) is 0 Å². The maximum atomic E-state index is 9.47. The minimum atomic E-state index is 0.650. The van der Waals surface area contributed by atoms with Crippen molar-refractivity contribution in [3.05, 3.63) is 90.3 Å². The molecule has 0 spiro atoms. The average molecular weight is 282 g/mol. The first-order valence-electron chi connectivity index (χ1n) is 7.04. The summed E-state index contributed by atoms with van der Waals surface area (Å²) in [5, 5.41) is 9.47. The Morgan fingerprint density at radius 3 is 2.45 bits per heavy atom. The van der Waals surface area contributed by atoms with Crippen LogP contribution >= 0.6 is 0 Å². The maximum absolute atomic E-state index is 9.47. The fourth-order valence-corrected chi connectivity index (χ4v) is 2.30. The van der Waals surface area contributed by atoms with Crippen molar-refractivity contribution in [1.82, 2.24) is 4.98 Å².